The number of hydrogen-bond donors (Lipinski definition) is 2. The molecule has 1 fully saturated rings. The average molecular weight is 394 g/mol. The highest BCUT2D eigenvalue weighted by Gasteiger charge is 2.32. The summed E-state index contributed by atoms with van der Waals surface area (Å²) in [5.41, 5.74) is -0.843. The van der Waals surface area contributed by atoms with Crippen LogP contribution in [-0.2, 0) is 6.18 Å². The maximum absolute atomic E-state index is 12.7. The van der Waals surface area contributed by atoms with Gasteiger partial charge in [-0.05, 0) is 26.0 Å². The van der Waals surface area contributed by atoms with Gasteiger partial charge in [-0.3, -0.25) is 4.90 Å². The van der Waals surface area contributed by atoms with Gasteiger partial charge in [-0.15, -0.1) is 0 Å². The molecule has 146 valence electrons. The van der Waals surface area contributed by atoms with Gasteiger partial charge in [0, 0.05) is 45.5 Å². The Bertz CT molecular complexity index is 606. The number of carbonyl (C=O) groups excluding carboxylic acids is 1. The first kappa shape index (κ1) is 20.6. The molecule has 0 saturated carbocycles. The summed E-state index contributed by atoms with van der Waals surface area (Å²) in [6.07, 6.45) is -2.80. The number of alkyl halides is 3. The second kappa shape index (κ2) is 9.27. The molecular weight excluding hydrogens is 371 g/mol. The number of hydrogen-bond acceptors (Lipinski definition) is 4. The molecular formula is C16H23ClF3N5O. The van der Waals surface area contributed by atoms with E-state index < -0.39 is 11.7 Å². The number of nitrogens with zero attached hydrogens (tertiary/aromatic N) is 3. The van der Waals surface area contributed by atoms with Crippen molar-refractivity contribution in [2.45, 2.75) is 19.5 Å². The van der Waals surface area contributed by atoms with Crippen molar-refractivity contribution in [3.05, 3.63) is 22.8 Å². The zero-order chi connectivity index (χ0) is 19.2. The fourth-order valence-corrected chi connectivity index (χ4v) is 3.02. The van der Waals surface area contributed by atoms with Crippen LogP contribution in [0.1, 0.15) is 18.9 Å². The number of carbonyl (C=O) groups is 1. The Labute approximate surface area is 155 Å². The fraction of sp³-hybridized carbons (Fsp3) is 0.625. The van der Waals surface area contributed by atoms with Gasteiger partial charge in [0.1, 0.15) is 5.82 Å². The maximum atomic E-state index is 12.7. The number of urea groups is 1. The molecule has 0 atom stereocenters. The molecule has 10 heteroatoms. The molecule has 2 rings (SSSR count). The van der Waals surface area contributed by atoms with Gasteiger partial charge < -0.3 is 15.5 Å². The van der Waals surface area contributed by atoms with E-state index in [2.05, 4.69) is 20.5 Å². The predicted molar refractivity (Wildman–Crippen MR) is 94.6 cm³/mol. The summed E-state index contributed by atoms with van der Waals surface area (Å²) in [5.74, 6) is 0.386. The summed E-state index contributed by atoms with van der Waals surface area (Å²) in [6, 6.07) is 0.754. The van der Waals surface area contributed by atoms with Gasteiger partial charge in [0.2, 0.25) is 0 Å². The van der Waals surface area contributed by atoms with Crippen molar-refractivity contribution in [2.24, 2.45) is 0 Å². The molecule has 26 heavy (non-hydrogen) atoms. The Balaban J connectivity index is 1.77. The quantitative estimate of drug-likeness (QED) is 0.729. The van der Waals surface area contributed by atoms with Gasteiger partial charge in [-0.2, -0.15) is 13.2 Å². The second-order valence-corrected chi connectivity index (χ2v) is 6.40. The molecule has 0 radical (unpaired) electrons. The van der Waals surface area contributed by atoms with Crippen LogP contribution in [0.3, 0.4) is 0 Å². The van der Waals surface area contributed by atoms with E-state index in [0.29, 0.717) is 32.0 Å². The summed E-state index contributed by atoms with van der Waals surface area (Å²) in [6.45, 7) is 6.70. The van der Waals surface area contributed by atoms with Gasteiger partial charge >= 0.3 is 12.2 Å². The molecule has 0 aliphatic carbocycles. The third-order valence-electron chi connectivity index (χ3n) is 4.09. The van der Waals surface area contributed by atoms with E-state index in [4.69, 9.17) is 11.6 Å². The normalized spacial score (nSPS) is 15.8. The van der Waals surface area contributed by atoms with Crippen molar-refractivity contribution >= 4 is 23.4 Å². The highest BCUT2D eigenvalue weighted by atomic mass is 35.5. The molecule has 1 aromatic rings. The van der Waals surface area contributed by atoms with Crippen LogP contribution in [0, 0.1) is 0 Å². The Morgan fingerprint density at radius 1 is 1.27 bits per heavy atom. The summed E-state index contributed by atoms with van der Waals surface area (Å²) in [4.78, 5) is 19.3. The summed E-state index contributed by atoms with van der Waals surface area (Å²) in [7, 11) is 0. The van der Waals surface area contributed by atoms with Crippen molar-refractivity contribution < 1.29 is 18.0 Å². The third kappa shape index (κ3) is 5.91. The van der Waals surface area contributed by atoms with E-state index in [1.807, 2.05) is 11.8 Å². The average Bonchev–Trinajstić information content (AvgIpc) is 2.59. The first-order valence-corrected chi connectivity index (χ1v) is 8.90. The first-order chi connectivity index (χ1) is 12.3. The monoisotopic (exact) mass is 393 g/mol. The Morgan fingerprint density at radius 3 is 2.54 bits per heavy atom. The smallest absolute Gasteiger partial charge is 0.353 e. The van der Waals surface area contributed by atoms with Crippen molar-refractivity contribution in [3.8, 4) is 0 Å². The summed E-state index contributed by atoms with van der Waals surface area (Å²) in [5, 5.41) is 5.46. The van der Waals surface area contributed by atoms with E-state index in [9.17, 15) is 18.0 Å². The number of amides is 2. The van der Waals surface area contributed by atoms with E-state index in [-0.39, 0.29) is 11.1 Å². The molecule has 6 nitrogen and oxygen atoms in total. The summed E-state index contributed by atoms with van der Waals surface area (Å²) >= 11 is 6.00. The molecule has 1 aliphatic heterocycles. The van der Waals surface area contributed by atoms with Crippen molar-refractivity contribution in [2.75, 3.05) is 50.7 Å². The highest BCUT2D eigenvalue weighted by molar-refractivity contribution is 6.33. The number of piperazine rings is 1. The molecule has 2 amide bonds. The van der Waals surface area contributed by atoms with Crippen LogP contribution in [0.15, 0.2) is 12.3 Å². The van der Waals surface area contributed by atoms with Gasteiger partial charge in [0.05, 0.1) is 10.6 Å². The second-order valence-electron chi connectivity index (χ2n) is 6.00. The van der Waals surface area contributed by atoms with Crippen molar-refractivity contribution in [1.82, 2.24) is 20.5 Å². The number of pyridine rings is 1. The molecule has 1 aliphatic rings. The minimum absolute atomic E-state index is 0.0133. The largest absolute Gasteiger partial charge is 0.417 e. The molecule has 1 saturated heterocycles. The van der Waals surface area contributed by atoms with Crippen LogP contribution in [0.2, 0.25) is 5.02 Å². The molecule has 0 aromatic carbocycles. The highest BCUT2D eigenvalue weighted by Crippen LogP contribution is 2.33. The van der Waals surface area contributed by atoms with Crippen LogP contribution in [0.5, 0.6) is 0 Å². The lowest BCUT2D eigenvalue weighted by Gasteiger charge is -2.35. The van der Waals surface area contributed by atoms with E-state index >= 15 is 0 Å². The number of aromatic nitrogens is 1. The minimum Gasteiger partial charge on any atom is -0.353 e. The van der Waals surface area contributed by atoms with Crippen LogP contribution in [0.25, 0.3) is 0 Å². The molecule has 0 spiro atoms. The molecule has 0 unspecified atom stereocenters. The third-order valence-corrected chi connectivity index (χ3v) is 4.37. The molecule has 2 heterocycles. The van der Waals surface area contributed by atoms with Crippen LogP contribution >= 0.6 is 11.6 Å². The van der Waals surface area contributed by atoms with E-state index in [1.165, 1.54) is 0 Å². The Hall–Kier alpha value is -1.74. The van der Waals surface area contributed by atoms with Gasteiger partial charge in [-0.25, -0.2) is 9.78 Å². The van der Waals surface area contributed by atoms with Crippen molar-refractivity contribution in [3.63, 3.8) is 0 Å². The Morgan fingerprint density at radius 2 is 1.96 bits per heavy atom. The van der Waals surface area contributed by atoms with Gasteiger partial charge in [0.25, 0.3) is 0 Å². The maximum Gasteiger partial charge on any atom is 0.417 e. The lowest BCUT2D eigenvalue weighted by Crippen LogP contribution is -2.47. The topological polar surface area (TPSA) is 60.5 Å². The van der Waals surface area contributed by atoms with E-state index in [0.717, 1.165) is 38.3 Å². The van der Waals surface area contributed by atoms with Crippen LogP contribution in [-0.4, -0.2) is 61.7 Å². The fourth-order valence-electron chi connectivity index (χ4n) is 2.73. The Kier molecular flexibility index (Phi) is 7.33. The van der Waals surface area contributed by atoms with Gasteiger partial charge in [-0.1, -0.05) is 11.6 Å². The molecule has 1 aromatic heterocycles. The first-order valence-electron chi connectivity index (χ1n) is 8.53. The lowest BCUT2D eigenvalue weighted by molar-refractivity contribution is -0.137. The molecule has 0 bridgehead atoms. The number of rotatable bonds is 6. The minimum atomic E-state index is -4.45. The SMILES string of the molecule is CCNC(=O)NCCCN1CCN(c2ncc(C(F)(F)F)cc2Cl)CC1. The standard InChI is InChI=1S/C16H23ClF3N5O/c1-2-21-15(26)22-4-3-5-24-6-8-25(9-7-24)14-13(17)10-12(11-23-14)16(18,19)20/h10-11H,2-9H2,1H3,(H2,21,22,26). The number of nitrogens with one attached hydrogen (secondary N) is 2. The van der Waals surface area contributed by atoms with Crippen LogP contribution in [0.4, 0.5) is 23.8 Å². The lowest BCUT2D eigenvalue weighted by atomic mass is 10.2. The zero-order valence-corrected chi connectivity index (χ0v) is 15.3. The van der Waals surface area contributed by atoms with E-state index in [1.54, 1.807) is 0 Å². The molecule has 2 N–H and O–H groups in total. The zero-order valence-electron chi connectivity index (χ0n) is 14.6. The van der Waals surface area contributed by atoms with Crippen molar-refractivity contribution in [1.29, 1.82) is 0 Å². The summed E-state index contributed by atoms with van der Waals surface area (Å²) < 4.78 is 38.1. The number of halogens is 4. The predicted octanol–water partition coefficient (Wildman–Crippen LogP) is 2.59. The van der Waals surface area contributed by atoms with Crippen LogP contribution < -0.4 is 15.5 Å². The number of anilines is 1. The van der Waals surface area contributed by atoms with Gasteiger partial charge in [0.15, 0.2) is 0 Å².